The van der Waals surface area contributed by atoms with Crippen molar-refractivity contribution < 1.29 is 4.92 Å². The standard InChI is InChI=1S/C10H9N3O2/c1-8-6-11-7-12(8)9-3-2-4-10(5-9)13(14)15/h2-7H,1H3. The van der Waals surface area contributed by atoms with E-state index in [-0.39, 0.29) is 5.69 Å². The third kappa shape index (κ3) is 1.71. The van der Waals surface area contributed by atoms with Crippen molar-refractivity contribution in [1.82, 2.24) is 9.55 Å². The summed E-state index contributed by atoms with van der Waals surface area (Å²) in [6.45, 7) is 1.89. The molecule has 5 nitrogen and oxygen atoms in total. The minimum absolute atomic E-state index is 0.0839. The molecule has 0 aliphatic carbocycles. The van der Waals surface area contributed by atoms with E-state index in [2.05, 4.69) is 4.98 Å². The quantitative estimate of drug-likeness (QED) is 0.554. The molecule has 0 aliphatic heterocycles. The average Bonchev–Trinajstić information content (AvgIpc) is 2.64. The van der Waals surface area contributed by atoms with Crippen LogP contribution in [0.25, 0.3) is 5.69 Å². The van der Waals surface area contributed by atoms with Gasteiger partial charge in [-0.15, -0.1) is 0 Å². The predicted molar refractivity (Wildman–Crippen MR) is 55.0 cm³/mol. The lowest BCUT2D eigenvalue weighted by Crippen LogP contribution is -1.96. The minimum atomic E-state index is -0.407. The summed E-state index contributed by atoms with van der Waals surface area (Å²) in [5.41, 5.74) is 1.77. The van der Waals surface area contributed by atoms with Crippen LogP contribution in [0, 0.1) is 17.0 Å². The van der Waals surface area contributed by atoms with E-state index in [0.717, 1.165) is 11.4 Å². The van der Waals surface area contributed by atoms with Gasteiger partial charge in [0.15, 0.2) is 0 Å². The van der Waals surface area contributed by atoms with Crippen molar-refractivity contribution in [2.45, 2.75) is 6.92 Å². The molecular weight excluding hydrogens is 194 g/mol. The molecular formula is C10H9N3O2. The van der Waals surface area contributed by atoms with Crippen molar-refractivity contribution in [2.24, 2.45) is 0 Å². The third-order valence-electron chi connectivity index (χ3n) is 2.14. The van der Waals surface area contributed by atoms with Crippen LogP contribution in [0.15, 0.2) is 36.8 Å². The van der Waals surface area contributed by atoms with Gasteiger partial charge < -0.3 is 4.57 Å². The van der Waals surface area contributed by atoms with Crippen molar-refractivity contribution in [3.05, 3.63) is 52.6 Å². The van der Waals surface area contributed by atoms with Gasteiger partial charge in [-0.25, -0.2) is 4.98 Å². The molecule has 0 saturated carbocycles. The van der Waals surface area contributed by atoms with Crippen molar-refractivity contribution in [1.29, 1.82) is 0 Å². The summed E-state index contributed by atoms with van der Waals surface area (Å²) < 4.78 is 1.80. The van der Waals surface area contributed by atoms with Crippen LogP contribution < -0.4 is 0 Å². The Bertz CT molecular complexity index is 505. The smallest absolute Gasteiger partial charge is 0.271 e. The number of rotatable bonds is 2. The average molecular weight is 203 g/mol. The second-order valence-corrected chi connectivity index (χ2v) is 3.18. The number of aromatic nitrogens is 2. The highest BCUT2D eigenvalue weighted by molar-refractivity contribution is 5.43. The molecule has 1 heterocycles. The van der Waals surface area contributed by atoms with Crippen LogP contribution in [0.3, 0.4) is 0 Å². The van der Waals surface area contributed by atoms with Crippen LogP contribution in [-0.4, -0.2) is 14.5 Å². The van der Waals surface area contributed by atoms with Crippen LogP contribution in [0.2, 0.25) is 0 Å². The summed E-state index contributed by atoms with van der Waals surface area (Å²) in [7, 11) is 0. The molecule has 0 aliphatic rings. The van der Waals surface area contributed by atoms with Crippen molar-refractivity contribution >= 4 is 5.69 Å². The first-order valence-electron chi connectivity index (χ1n) is 4.42. The lowest BCUT2D eigenvalue weighted by molar-refractivity contribution is -0.384. The normalized spacial score (nSPS) is 10.2. The van der Waals surface area contributed by atoms with Gasteiger partial charge >= 0.3 is 0 Å². The summed E-state index contributed by atoms with van der Waals surface area (Å²) in [6, 6.07) is 6.46. The second kappa shape index (κ2) is 3.53. The molecule has 5 heteroatoms. The van der Waals surface area contributed by atoms with Gasteiger partial charge in [0.2, 0.25) is 0 Å². The molecule has 0 N–H and O–H groups in total. The Morgan fingerprint density at radius 3 is 2.87 bits per heavy atom. The first-order valence-corrected chi connectivity index (χ1v) is 4.42. The van der Waals surface area contributed by atoms with E-state index in [1.54, 1.807) is 23.2 Å². The summed E-state index contributed by atoms with van der Waals surface area (Å²) in [5.74, 6) is 0. The number of benzene rings is 1. The molecule has 0 saturated heterocycles. The predicted octanol–water partition coefficient (Wildman–Crippen LogP) is 2.09. The first-order chi connectivity index (χ1) is 7.18. The van der Waals surface area contributed by atoms with Gasteiger partial charge in [-0.1, -0.05) is 6.07 Å². The number of aryl methyl sites for hydroxylation is 1. The van der Waals surface area contributed by atoms with Gasteiger partial charge in [0.1, 0.15) is 0 Å². The fourth-order valence-electron chi connectivity index (χ4n) is 1.39. The maximum atomic E-state index is 10.6. The lowest BCUT2D eigenvalue weighted by Gasteiger charge is -2.03. The topological polar surface area (TPSA) is 61.0 Å². The number of nitrogens with zero attached hydrogens (tertiary/aromatic N) is 3. The monoisotopic (exact) mass is 203 g/mol. The van der Waals surface area contributed by atoms with Crippen LogP contribution >= 0.6 is 0 Å². The third-order valence-corrected chi connectivity index (χ3v) is 2.14. The van der Waals surface area contributed by atoms with Crippen LogP contribution in [-0.2, 0) is 0 Å². The molecule has 0 spiro atoms. The summed E-state index contributed by atoms with van der Waals surface area (Å²) in [4.78, 5) is 14.1. The number of nitro groups is 1. The van der Waals surface area contributed by atoms with Crippen molar-refractivity contribution in [3.8, 4) is 5.69 Å². The van der Waals surface area contributed by atoms with Crippen LogP contribution in [0.4, 0.5) is 5.69 Å². The number of hydrogen-bond donors (Lipinski definition) is 0. The van der Waals surface area contributed by atoms with E-state index in [4.69, 9.17) is 0 Å². The molecule has 0 bridgehead atoms. The molecule has 15 heavy (non-hydrogen) atoms. The zero-order chi connectivity index (χ0) is 10.8. The number of imidazole rings is 1. The Morgan fingerprint density at radius 2 is 2.27 bits per heavy atom. The Hall–Kier alpha value is -2.17. The lowest BCUT2D eigenvalue weighted by atomic mass is 10.3. The summed E-state index contributed by atoms with van der Waals surface area (Å²) >= 11 is 0. The highest BCUT2D eigenvalue weighted by Gasteiger charge is 2.07. The Morgan fingerprint density at radius 1 is 1.47 bits per heavy atom. The molecule has 76 valence electrons. The number of nitro benzene ring substituents is 1. The van der Waals surface area contributed by atoms with E-state index in [9.17, 15) is 10.1 Å². The van der Waals surface area contributed by atoms with Gasteiger partial charge in [0.05, 0.1) is 16.9 Å². The molecule has 0 radical (unpaired) electrons. The Balaban J connectivity index is 2.50. The summed E-state index contributed by atoms with van der Waals surface area (Å²) in [5, 5.41) is 10.6. The van der Waals surface area contributed by atoms with Gasteiger partial charge in [0, 0.05) is 24.0 Å². The molecule has 1 aromatic carbocycles. The molecule has 0 fully saturated rings. The van der Waals surface area contributed by atoms with Gasteiger partial charge in [0.25, 0.3) is 5.69 Å². The van der Waals surface area contributed by atoms with E-state index in [1.165, 1.54) is 12.1 Å². The largest absolute Gasteiger partial charge is 0.303 e. The van der Waals surface area contributed by atoms with Crippen LogP contribution in [0.1, 0.15) is 5.69 Å². The Kier molecular flexibility index (Phi) is 2.21. The molecule has 2 rings (SSSR count). The maximum Gasteiger partial charge on any atom is 0.271 e. The van der Waals surface area contributed by atoms with Gasteiger partial charge in [-0.3, -0.25) is 10.1 Å². The van der Waals surface area contributed by atoms with E-state index in [1.807, 2.05) is 13.0 Å². The minimum Gasteiger partial charge on any atom is -0.303 e. The second-order valence-electron chi connectivity index (χ2n) is 3.18. The van der Waals surface area contributed by atoms with Gasteiger partial charge in [-0.2, -0.15) is 0 Å². The van der Waals surface area contributed by atoms with Crippen LogP contribution in [0.5, 0.6) is 0 Å². The highest BCUT2D eigenvalue weighted by Crippen LogP contribution is 2.17. The summed E-state index contributed by atoms with van der Waals surface area (Å²) in [6.07, 6.45) is 3.34. The molecule has 0 amide bonds. The zero-order valence-corrected chi connectivity index (χ0v) is 8.12. The SMILES string of the molecule is Cc1cncn1-c1cccc([N+](=O)[O-])c1. The fourth-order valence-corrected chi connectivity index (χ4v) is 1.39. The van der Waals surface area contributed by atoms with Crippen molar-refractivity contribution in [3.63, 3.8) is 0 Å². The molecule has 2 aromatic rings. The number of hydrogen-bond acceptors (Lipinski definition) is 3. The van der Waals surface area contributed by atoms with Crippen molar-refractivity contribution in [2.75, 3.05) is 0 Å². The highest BCUT2D eigenvalue weighted by atomic mass is 16.6. The van der Waals surface area contributed by atoms with Gasteiger partial charge in [-0.05, 0) is 13.0 Å². The van der Waals surface area contributed by atoms with E-state index < -0.39 is 4.92 Å². The first kappa shape index (κ1) is 9.39. The maximum absolute atomic E-state index is 10.6. The zero-order valence-electron chi connectivity index (χ0n) is 8.12. The van der Waals surface area contributed by atoms with E-state index in [0.29, 0.717) is 0 Å². The fraction of sp³-hybridized carbons (Fsp3) is 0.100. The van der Waals surface area contributed by atoms with E-state index >= 15 is 0 Å². The molecule has 0 atom stereocenters. The number of non-ortho nitro benzene ring substituents is 1. The molecule has 0 unspecified atom stereocenters. The Labute approximate surface area is 86.1 Å². The molecule has 1 aromatic heterocycles.